The van der Waals surface area contributed by atoms with Crippen LogP contribution in [0, 0.1) is 10.8 Å². The van der Waals surface area contributed by atoms with E-state index >= 15 is 0 Å². The molecule has 1 saturated carbocycles. The molecule has 0 aliphatic heterocycles. The average molecular weight is 226 g/mol. The van der Waals surface area contributed by atoms with E-state index in [0.29, 0.717) is 17.3 Å². The summed E-state index contributed by atoms with van der Waals surface area (Å²) in [7, 11) is 1.64. The molecule has 0 aromatic carbocycles. The van der Waals surface area contributed by atoms with Crippen molar-refractivity contribution < 1.29 is 4.74 Å². The molecule has 2 unspecified atom stereocenters. The van der Waals surface area contributed by atoms with Crippen molar-refractivity contribution in [3.63, 3.8) is 0 Å². The molecule has 3 nitrogen and oxygen atoms in total. The topological polar surface area (TPSA) is 47.3 Å². The van der Waals surface area contributed by atoms with E-state index in [0.717, 1.165) is 19.4 Å². The lowest BCUT2D eigenvalue weighted by atomic mass is 9.62. The van der Waals surface area contributed by atoms with Crippen molar-refractivity contribution in [2.75, 3.05) is 13.7 Å². The van der Waals surface area contributed by atoms with Crippen LogP contribution in [0.15, 0.2) is 12.5 Å². The average Bonchev–Trinajstić information content (AvgIpc) is 2.14. The van der Waals surface area contributed by atoms with Gasteiger partial charge in [0.25, 0.3) is 0 Å². The molecule has 94 valence electrons. The predicted octanol–water partition coefficient (Wildman–Crippen LogP) is 2.24. The molecule has 16 heavy (non-hydrogen) atoms. The third kappa shape index (κ3) is 3.41. The first-order valence-corrected chi connectivity index (χ1v) is 6.00. The largest absolute Gasteiger partial charge is 0.483 e. The minimum absolute atomic E-state index is 0.230. The summed E-state index contributed by atoms with van der Waals surface area (Å²) in [5.41, 5.74) is 6.46. The molecule has 1 aliphatic rings. The summed E-state index contributed by atoms with van der Waals surface area (Å²) < 4.78 is 5.09. The van der Waals surface area contributed by atoms with Crippen molar-refractivity contribution in [1.29, 1.82) is 0 Å². The third-order valence-corrected chi connectivity index (χ3v) is 3.55. The van der Waals surface area contributed by atoms with Gasteiger partial charge in [0.2, 0.25) is 0 Å². The molecule has 1 rings (SSSR count). The molecule has 0 aromatic rings. The summed E-state index contributed by atoms with van der Waals surface area (Å²) in [5.74, 6) is 0.655. The Balaban J connectivity index is 2.69. The summed E-state index contributed by atoms with van der Waals surface area (Å²) >= 11 is 0. The monoisotopic (exact) mass is 226 g/mol. The van der Waals surface area contributed by atoms with Crippen molar-refractivity contribution in [1.82, 2.24) is 5.32 Å². The Morgan fingerprint density at radius 1 is 1.44 bits per heavy atom. The van der Waals surface area contributed by atoms with Gasteiger partial charge in [-0.15, -0.1) is 0 Å². The van der Waals surface area contributed by atoms with Gasteiger partial charge in [-0.25, -0.2) is 0 Å². The Labute approximate surface area is 99.4 Å². The number of rotatable bonds is 4. The molecule has 3 heteroatoms. The summed E-state index contributed by atoms with van der Waals surface area (Å²) in [6, 6.07) is 0.421. The quantitative estimate of drug-likeness (QED) is 0.723. The minimum atomic E-state index is 0.230. The molecule has 0 heterocycles. The molecule has 0 saturated heterocycles. The van der Waals surface area contributed by atoms with Gasteiger partial charge in [-0.3, -0.25) is 0 Å². The molecule has 1 aliphatic carbocycles. The highest BCUT2D eigenvalue weighted by atomic mass is 16.5. The molecule has 1 fully saturated rings. The maximum Gasteiger partial charge on any atom is 0.179 e. The Morgan fingerprint density at radius 3 is 2.56 bits per heavy atom. The first kappa shape index (κ1) is 13.4. The Morgan fingerprint density at radius 2 is 2.06 bits per heavy atom. The number of hydrogen-bond acceptors (Lipinski definition) is 3. The van der Waals surface area contributed by atoms with Crippen LogP contribution in [0.5, 0.6) is 0 Å². The van der Waals surface area contributed by atoms with E-state index in [1.807, 2.05) is 0 Å². The van der Waals surface area contributed by atoms with E-state index in [4.69, 9.17) is 10.5 Å². The van der Waals surface area contributed by atoms with Crippen LogP contribution in [-0.4, -0.2) is 19.7 Å². The standard InChI is InChI=1S/C13H26N2O/c1-10(16-5)15-11-6-12(2,3)8-13(4,7-11)9-14/h11,15H,1,6-9,14H2,2-5H3. The summed E-state index contributed by atoms with van der Waals surface area (Å²) in [6.07, 6.45) is 3.43. The van der Waals surface area contributed by atoms with Crippen LogP contribution in [0.4, 0.5) is 0 Å². The van der Waals surface area contributed by atoms with Crippen LogP contribution in [0.3, 0.4) is 0 Å². The van der Waals surface area contributed by atoms with Gasteiger partial charge in [-0.05, 0) is 43.2 Å². The fourth-order valence-electron chi connectivity index (χ4n) is 3.18. The van der Waals surface area contributed by atoms with Crippen molar-refractivity contribution in [2.45, 2.75) is 46.1 Å². The predicted molar refractivity (Wildman–Crippen MR) is 67.9 cm³/mol. The number of methoxy groups -OCH3 is 1. The zero-order valence-electron chi connectivity index (χ0n) is 11.1. The highest BCUT2D eigenvalue weighted by Gasteiger charge is 2.40. The lowest BCUT2D eigenvalue weighted by molar-refractivity contribution is 0.0731. The number of nitrogens with one attached hydrogen (secondary N) is 1. The SMILES string of the molecule is C=C(NC1CC(C)(C)CC(C)(CN)C1)OC. The maximum absolute atomic E-state index is 5.90. The third-order valence-electron chi connectivity index (χ3n) is 3.55. The van der Waals surface area contributed by atoms with Crippen molar-refractivity contribution in [2.24, 2.45) is 16.6 Å². The Hall–Kier alpha value is -0.700. The van der Waals surface area contributed by atoms with Crippen molar-refractivity contribution in [3.05, 3.63) is 12.5 Å². The van der Waals surface area contributed by atoms with E-state index in [1.165, 1.54) is 6.42 Å². The van der Waals surface area contributed by atoms with E-state index in [2.05, 4.69) is 32.7 Å². The lowest BCUT2D eigenvalue weighted by Gasteiger charge is -2.46. The molecule has 0 spiro atoms. The second kappa shape index (κ2) is 4.66. The normalized spacial score (nSPS) is 33.2. The van der Waals surface area contributed by atoms with Gasteiger partial charge in [-0.1, -0.05) is 20.8 Å². The van der Waals surface area contributed by atoms with Gasteiger partial charge in [0.1, 0.15) is 0 Å². The number of hydrogen-bond donors (Lipinski definition) is 2. The number of nitrogens with two attached hydrogens (primary N) is 1. The van der Waals surface area contributed by atoms with Crippen LogP contribution in [-0.2, 0) is 4.74 Å². The molecular formula is C13H26N2O. The van der Waals surface area contributed by atoms with Gasteiger partial charge in [0.15, 0.2) is 5.88 Å². The zero-order valence-corrected chi connectivity index (χ0v) is 11.1. The minimum Gasteiger partial charge on any atom is -0.483 e. The molecule has 0 aromatic heterocycles. The first-order chi connectivity index (χ1) is 7.30. The summed E-state index contributed by atoms with van der Waals surface area (Å²) in [6.45, 7) is 11.5. The van der Waals surface area contributed by atoms with Gasteiger partial charge in [-0.2, -0.15) is 0 Å². The van der Waals surface area contributed by atoms with Crippen LogP contribution >= 0.6 is 0 Å². The van der Waals surface area contributed by atoms with Crippen LogP contribution in [0.2, 0.25) is 0 Å². The molecular weight excluding hydrogens is 200 g/mol. The van der Waals surface area contributed by atoms with E-state index in [1.54, 1.807) is 7.11 Å². The summed E-state index contributed by atoms with van der Waals surface area (Å²) in [5, 5.41) is 3.34. The van der Waals surface area contributed by atoms with Crippen LogP contribution in [0.25, 0.3) is 0 Å². The maximum atomic E-state index is 5.90. The van der Waals surface area contributed by atoms with Crippen LogP contribution in [0.1, 0.15) is 40.0 Å². The molecule has 0 amide bonds. The van der Waals surface area contributed by atoms with Gasteiger partial charge < -0.3 is 15.8 Å². The highest BCUT2D eigenvalue weighted by Crippen LogP contribution is 2.45. The second-order valence-corrected chi connectivity index (χ2v) is 6.23. The molecule has 3 N–H and O–H groups in total. The van der Waals surface area contributed by atoms with Crippen molar-refractivity contribution >= 4 is 0 Å². The van der Waals surface area contributed by atoms with Gasteiger partial charge in [0, 0.05) is 6.04 Å². The Kier molecular flexibility index (Phi) is 3.89. The van der Waals surface area contributed by atoms with E-state index in [9.17, 15) is 0 Å². The van der Waals surface area contributed by atoms with E-state index < -0.39 is 0 Å². The molecule has 0 bridgehead atoms. The smallest absolute Gasteiger partial charge is 0.179 e. The molecule has 2 atom stereocenters. The first-order valence-electron chi connectivity index (χ1n) is 6.00. The van der Waals surface area contributed by atoms with Crippen molar-refractivity contribution in [3.8, 4) is 0 Å². The fourth-order valence-corrected chi connectivity index (χ4v) is 3.18. The van der Waals surface area contributed by atoms with Gasteiger partial charge in [0.05, 0.1) is 7.11 Å². The fraction of sp³-hybridized carbons (Fsp3) is 0.846. The zero-order chi connectivity index (χ0) is 12.4. The lowest BCUT2D eigenvalue weighted by Crippen LogP contribution is -2.47. The Bertz CT molecular complexity index is 263. The van der Waals surface area contributed by atoms with Gasteiger partial charge >= 0.3 is 0 Å². The second-order valence-electron chi connectivity index (χ2n) is 6.23. The summed E-state index contributed by atoms with van der Waals surface area (Å²) in [4.78, 5) is 0. The highest BCUT2D eigenvalue weighted by molar-refractivity contribution is 4.97. The van der Waals surface area contributed by atoms with Crippen LogP contribution < -0.4 is 11.1 Å². The molecule has 0 radical (unpaired) electrons. The number of ether oxygens (including phenoxy) is 1. The van der Waals surface area contributed by atoms with E-state index in [-0.39, 0.29) is 5.41 Å².